The molecule has 10 heteroatoms. The Bertz CT molecular complexity index is 1560. The summed E-state index contributed by atoms with van der Waals surface area (Å²) in [6.45, 7) is 3.72. The number of ether oxygens (including phenoxy) is 1. The number of aryl methyl sites for hydroxylation is 2. The molecular formula is C23H21N7O3. The van der Waals surface area contributed by atoms with Gasteiger partial charge in [0, 0.05) is 24.2 Å². The number of para-hydroxylation sites is 1. The van der Waals surface area contributed by atoms with Gasteiger partial charge in [-0.05, 0) is 25.5 Å². The normalized spacial score (nSPS) is 11.4. The largest absolute Gasteiger partial charge is 0.465 e. The van der Waals surface area contributed by atoms with Crippen LogP contribution in [0.3, 0.4) is 0 Å². The molecular weight excluding hydrogens is 422 g/mol. The summed E-state index contributed by atoms with van der Waals surface area (Å²) in [4.78, 5) is 38.8. The number of carbonyl (C=O) groups excluding carboxylic acids is 1. The van der Waals surface area contributed by atoms with Crippen molar-refractivity contribution in [2.24, 2.45) is 7.05 Å². The van der Waals surface area contributed by atoms with Crippen molar-refractivity contribution in [2.45, 2.75) is 20.4 Å². The third-order valence-electron chi connectivity index (χ3n) is 5.56. The van der Waals surface area contributed by atoms with E-state index in [1.165, 1.54) is 9.13 Å². The van der Waals surface area contributed by atoms with Crippen LogP contribution in [-0.2, 0) is 23.1 Å². The van der Waals surface area contributed by atoms with Crippen LogP contribution in [0.4, 0.5) is 0 Å². The highest BCUT2D eigenvalue weighted by Gasteiger charge is 2.19. The van der Waals surface area contributed by atoms with Crippen molar-refractivity contribution < 1.29 is 9.53 Å². The highest BCUT2D eigenvalue weighted by molar-refractivity contribution is 5.91. The van der Waals surface area contributed by atoms with Gasteiger partial charge in [-0.1, -0.05) is 12.1 Å². The second-order valence-electron chi connectivity index (χ2n) is 7.60. The van der Waals surface area contributed by atoms with Crippen LogP contribution in [0.25, 0.3) is 39.0 Å². The lowest BCUT2D eigenvalue weighted by atomic mass is 10.2. The Hall–Kier alpha value is -4.34. The second-order valence-corrected chi connectivity index (χ2v) is 7.60. The van der Waals surface area contributed by atoms with E-state index in [-0.39, 0.29) is 18.8 Å². The maximum atomic E-state index is 13.4. The number of hydrogen-bond donors (Lipinski definition) is 0. The van der Waals surface area contributed by atoms with Crippen molar-refractivity contribution >= 4 is 27.9 Å². The first-order valence-corrected chi connectivity index (χ1v) is 10.4. The molecule has 0 amide bonds. The first kappa shape index (κ1) is 20.6. The third kappa shape index (κ3) is 3.36. The van der Waals surface area contributed by atoms with Crippen LogP contribution in [0.15, 0.2) is 54.0 Å². The molecule has 0 N–H and O–H groups in total. The molecule has 33 heavy (non-hydrogen) atoms. The molecule has 0 bridgehead atoms. The molecule has 1 aromatic carbocycles. The van der Waals surface area contributed by atoms with Crippen LogP contribution in [0.5, 0.6) is 0 Å². The van der Waals surface area contributed by atoms with E-state index in [0.29, 0.717) is 22.5 Å². The molecule has 0 aliphatic carbocycles. The topological polar surface area (TPSA) is 110 Å². The lowest BCUT2D eigenvalue weighted by molar-refractivity contribution is -0.143. The van der Waals surface area contributed by atoms with Crippen LogP contribution < -0.4 is 5.69 Å². The summed E-state index contributed by atoms with van der Waals surface area (Å²) >= 11 is 0. The number of rotatable bonds is 5. The van der Waals surface area contributed by atoms with Crippen LogP contribution in [0.2, 0.25) is 0 Å². The maximum Gasteiger partial charge on any atom is 0.334 e. The second kappa shape index (κ2) is 7.97. The minimum Gasteiger partial charge on any atom is -0.465 e. The number of imidazole rings is 1. The molecule has 10 nitrogen and oxygen atoms in total. The van der Waals surface area contributed by atoms with Crippen LogP contribution >= 0.6 is 0 Å². The Kier molecular flexibility index (Phi) is 4.97. The summed E-state index contributed by atoms with van der Waals surface area (Å²) in [6, 6.07) is 5.57. The molecule has 0 saturated carbocycles. The first-order valence-electron chi connectivity index (χ1n) is 10.4. The van der Waals surface area contributed by atoms with Crippen LogP contribution in [0.1, 0.15) is 12.5 Å². The monoisotopic (exact) mass is 443 g/mol. The number of pyridine rings is 1. The zero-order chi connectivity index (χ0) is 23.1. The van der Waals surface area contributed by atoms with Gasteiger partial charge in [-0.25, -0.2) is 14.8 Å². The van der Waals surface area contributed by atoms with E-state index in [1.807, 2.05) is 32.2 Å². The number of esters is 1. The predicted molar refractivity (Wildman–Crippen MR) is 122 cm³/mol. The van der Waals surface area contributed by atoms with Gasteiger partial charge in [-0.2, -0.15) is 5.10 Å². The smallest absolute Gasteiger partial charge is 0.334 e. The minimum atomic E-state index is -0.469. The average Bonchev–Trinajstić information content (AvgIpc) is 3.33. The number of carbonyl (C=O) groups is 1. The molecule has 0 aliphatic heterocycles. The molecule has 0 saturated heterocycles. The van der Waals surface area contributed by atoms with Gasteiger partial charge in [0.1, 0.15) is 6.54 Å². The Morgan fingerprint density at radius 3 is 2.61 bits per heavy atom. The lowest BCUT2D eigenvalue weighted by Crippen LogP contribution is -2.27. The average molecular weight is 443 g/mol. The molecule has 4 heterocycles. The fourth-order valence-electron chi connectivity index (χ4n) is 4.01. The zero-order valence-electron chi connectivity index (χ0n) is 18.4. The molecule has 0 unspecified atom stereocenters. The van der Waals surface area contributed by atoms with Crippen molar-refractivity contribution in [3.8, 4) is 17.1 Å². The Morgan fingerprint density at radius 2 is 1.85 bits per heavy atom. The first-order chi connectivity index (χ1) is 16.0. The van der Waals surface area contributed by atoms with Crippen molar-refractivity contribution in [3.63, 3.8) is 0 Å². The van der Waals surface area contributed by atoms with Crippen molar-refractivity contribution in [1.29, 1.82) is 0 Å². The molecule has 0 atom stereocenters. The molecule has 0 radical (unpaired) electrons. The predicted octanol–water partition coefficient (Wildman–Crippen LogP) is 2.40. The van der Waals surface area contributed by atoms with Crippen molar-refractivity contribution in [3.05, 3.63) is 65.2 Å². The summed E-state index contributed by atoms with van der Waals surface area (Å²) in [6.07, 6.45) is 8.38. The van der Waals surface area contributed by atoms with Crippen LogP contribution in [0, 0.1) is 6.92 Å². The molecule has 5 aromatic rings. The fourth-order valence-corrected chi connectivity index (χ4v) is 4.01. The summed E-state index contributed by atoms with van der Waals surface area (Å²) in [5, 5.41) is 5.17. The Labute approximate surface area is 188 Å². The van der Waals surface area contributed by atoms with E-state index < -0.39 is 5.97 Å². The van der Waals surface area contributed by atoms with Gasteiger partial charge >= 0.3 is 11.7 Å². The van der Waals surface area contributed by atoms with Gasteiger partial charge in [-0.15, -0.1) is 0 Å². The lowest BCUT2D eigenvalue weighted by Gasteiger charge is -2.06. The minimum absolute atomic E-state index is 0.173. The van der Waals surface area contributed by atoms with E-state index in [1.54, 1.807) is 42.6 Å². The standard InChI is InChI=1S/C23H21N7O3/c1-4-33-20(31)13-29-18-7-5-6-14(2)21(18)30(23(29)32)15-8-25-22(26-9-15)17-10-24-12-19-16(17)11-27-28(19)3/h5-12H,4,13H2,1-3H3. The van der Waals surface area contributed by atoms with E-state index >= 15 is 0 Å². The number of fused-ring (bicyclic) bond motifs is 2. The fraction of sp³-hybridized carbons (Fsp3) is 0.217. The highest BCUT2D eigenvalue weighted by Crippen LogP contribution is 2.25. The third-order valence-corrected chi connectivity index (χ3v) is 5.56. The van der Waals surface area contributed by atoms with E-state index in [9.17, 15) is 9.59 Å². The van der Waals surface area contributed by atoms with Gasteiger partial charge < -0.3 is 4.74 Å². The quantitative estimate of drug-likeness (QED) is 0.384. The van der Waals surface area contributed by atoms with Gasteiger partial charge in [0.15, 0.2) is 5.82 Å². The summed E-state index contributed by atoms with van der Waals surface area (Å²) < 4.78 is 9.72. The number of aromatic nitrogens is 7. The maximum absolute atomic E-state index is 13.4. The van der Waals surface area contributed by atoms with Crippen LogP contribution in [-0.4, -0.2) is 46.4 Å². The number of hydrogen-bond acceptors (Lipinski definition) is 7. The molecule has 0 aliphatic rings. The van der Waals surface area contributed by atoms with Crippen molar-refractivity contribution in [2.75, 3.05) is 6.61 Å². The summed E-state index contributed by atoms with van der Waals surface area (Å²) in [5.74, 6) is 0.00806. The molecule has 5 rings (SSSR count). The SMILES string of the molecule is CCOC(=O)Cn1c(=O)n(-c2cnc(-c3cncc4c3cnn4C)nc2)c2c(C)cccc21. The number of benzene rings is 1. The Balaban J connectivity index is 1.63. The zero-order valence-corrected chi connectivity index (χ0v) is 18.4. The molecule has 0 fully saturated rings. The van der Waals surface area contributed by atoms with Gasteiger partial charge in [0.2, 0.25) is 0 Å². The van der Waals surface area contributed by atoms with Crippen molar-refractivity contribution in [1.82, 2.24) is 33.9 Å². The van der Waals surface area contributed by atoms with E-state index in [0.717, 1.165) is 22.0 Å². The highest BCUT2D eigenvalue weighted by atomic mass is 16.5. The van der Waals surface area contributed by atoms with Gasteiger partial charge in [0.05, 0.1) is 53.6 Å². The van der Waals surface area contributed by atoms with E-state index in [2.05, 4.69) is 20.1 Å². The summed E-state index contributed by atoms with van der Waals surface area (Å²) in [5.41, 5.74) is 3.98. The van der Waals surface area contributed by atoms with E-state index in [4.69, 9.17) is 4.74 Å². The van der Waals surface area contributed by atoms with Gasteiger partial charge in [-0.3, -0.25) is 23.6 Å². The van der Waals surface area contributed by atoms with Gasteiger partial charge in [0.25, 0.3) is 0 Å². The number of nitrogens with zero attached hydrogens (tertiary/aromatic N) is 7. The Morgan fingerprint density at radius 1 is 1.06 bits per heavy atom. The molecule has 4 aromatic heterocycles. The molecule has 0 spiro atoms. The molecule has 166 valence electrons. The summed E-state index contributed by atoms with van der Waals surface area (Å²) in [7, 11) is 1.85.